The highest BCUT2D eigenvalue weighted by Gasteiger charge is 2.09. The summed E-state index contributed by atoms with van der Waals surface area (Å²) in [6.07, 6.45) is 5.13. The van der Waals surface area contributed by atoms with E-state index in [-0.39, 0.29) is 12.6 Å². The first-order chi connectivity index (χ1) is 13.6. The van der Waals surface area contributed by atoms with Gasteiger partial charge in [0.25, 0.3) is 0 Å². The minimum atomic E-state index is -0.422. The second-order valence-corrected chi connectivity index (χ2v) is 6.20. The molecule has 0 aliphatic carbocycles. The van der Waals surface area contributed by atoms with Gasteiger partial charge in [0, 0.05) is 53.9 Å². The number of carbonyl (C=O) groups is 1. The van der Waals surface area contributed by atoms with Crippen molar-refractivity contribution in [2.24, 2.45) is 0 Å². The lowest BCUT2D eigenvalue weighted by Gasteiger charge is -2.11. The van der Waals surface area contributed by atoms with Crippen molar-refractivity contribution < 1.29 is 9.21 Å². The molecule has 3 aromatic heterocycles. The van der Waals surface area contributed by atoms with E-state index in [1.54, 1.807) is 53.6 Å². The fourth-order valence-electron chi connectivity index (χ4n) is 2.92. The Balaban J connectivity index is 1.47. The van der Waals surface area contributed by atoms with E-state index in [0.717, 1.165) is 16.5 Å². The Kier molecular flexibility index (Phi) is 4.59. The van der Waals surface area contributed by atoms with Crippen molar-refractivity contribution in [3.63, 3.8) is 0 Å². The van der Waals surface area contributed by atoms with E-state index in [4.69, 9.17) is 4.42 Å². The Hall–Kier alpha value is -3.94. The van der Waals surface area contributed by atoms with Crippen LogP contribution in [-0.4, -0.2) is 20.8 Å². The Morgan fingerprint density at radius 3 is 2.89 bits per heavy atom. The van der Waals surface area contributed by atoms with Gasteiger partial charge in [-0.25, -0.2) is 19.3 Å². The van der Waals surface area contributed by atoms with Crippen LogP contribution in [-0.2, 0) is 6.54 Å². The number of carbonyl (C=O) groups excluding carboxylic acids is 1. The number of hydrogen-bond donors (Lipinski definition) is 2. The summed E-state index contributed by atoms with van der Waals surface area (Å²) in [5.74, 6) is 0.649. The second-order valence-electron chi connectivity index (χ2n) is 6.20. The monoisotopic (exact) mass is 375 g/mol. The molecule has 0 atom stereocenters. The molecule has 2 N–H and O–H groups in total. The molecule has 1 aromatic carbocycles. The molecule has 3 heterocycles. The number of anilines is 1. The van der Waals surface area contributed by atoms with Crippen LogP contribution in [0.4, 0.5) is 10.5 Å². The van der Waals surface area contributed by atoms with Crippen LogP contribution in [0.2, 0.25) is 0 Å². The molecule has 0 radical (unpaired) electrons. The Morgan fingerprint density at radius 1 is 1.18 bits per heavy atom. The Morgan fingerprint density at radius 2 is 2.07 bits per heavy atom. The van der Waals surface area contributed by atoms with Gasteiger partial charge in [0.1, 0.15) is 5.58 Å². The predicted molar refractivity (Wildman–Crippen MR) is 104 cm³/mol. The number of hydrogen-bond acceptors (Lipinski definition) is 5. The van der Waals surface area contributed by atoms with E-state index in [0.29, 0.717) is 17.1 Å². The van der Waals surface area contributed by atoms with Gasteiger partial charge in [0.2, 0.25) is 0 Å². The molecule has 0 unspecified atom stereocenters. The van der Waals surface area contributed by atoms with E-state index in [1.807, 2.05) is 13.0 Å². The van der Waals surface area contributed by atoms with Gasteiger partial charge in [-0.05, 0) is 36.8 Å². The zero-order valence-corrected chi connectivity index (χ0v) is 15.0. The summed E-state index contributed by atoms with van der Waals surface area (Å²) in [6.45, 7) is 2.11. The van der Waals surface area contributed by atoms with Gasteiger partial charge in [-0.15, -0.1) is 0 Å². The van der Waals surface area contributed by atoms with Gasteiger partial charge in [-0.2, -0.15) is 5.10 Å². The fourth-order valence-corrected chi connectivity index (χ4v) is 2.92. The van der Waals surface area contributed by atoms with Crippen LogP contribution in [0, 0.1) is 6.92 Å². The van der Waals surface area contributed by atoms with Crippen LogP contribution in [0.15, 0.2) is 70.3 Å². The molecular weight excluding hydrogens is 358 g/mol. The first-order valence-corrected chi connectivity index (χ1v) is 8.63. The van der Waals surface area contributed by atoms with E-state index in [2.05, 4.69) is 20.7 Å². The van der Waals surface area contributed by atoms with Crippen LogP contribution in [0.5, 0.6) is 0 Å². The van der Waals surface area contributed by atoms with Gasteiger partial charge >= 0.3 is 11.7 Å². The summed E-state index contributed by atoms with van der Waals surface area (Å²) in [4.78, 5) is 28.2. The number of fused-ring (bicyclic) bond motifs is 1. The van der Waals surface area contributed by atoms with Crippen LogP contribution in [0.25, 0.3) is 16.8 Å². The predicted octanol–water partition coefficient (Wildman–Crippen LogP) is 3.00. The molecular formula is C20H17N5O3. The zero-order chi connectivity index (χ0) is 19.5. The van der Waals surface area contributed by atoms with Crippen LogP contribution < -0.4 is 16.3 Å². The third kappa shape index (κ3) is 3.61. The molecule has 0 saturated heterocycles. The molecule has 0 saturated carbocycles. The average molecular weight is 375 g/mol. The van der Waals surface area contributed by atoms with E-state index in [1.165, 1.54) is 6.07 Å². The fraction of sp³-hybridized carbons (Fsp3) is 0.100. The number of benzene rings is 1. The number of nitrogens with zero attached hydrogens (tertiary/aromatic N) is 3. The van der Waals surface area contributed by atoms with Crippen molar-refractivity contribution in [3.8, 4) is 5.82 Å². The number of aromatic nitrogens is 3. The maximum Gasteiger partial charge on any atom is 0.336 e. The summed E-state index contributed by atoms with van der Waals surface area (Å²) in [5, 5.41) is 10.5. The number of pyridine rings is 1. The van der Waals surface area contributed by atoms with Gasteiger partial charge < -0.3 is 15.1 Å². The van der Waals surface area contributed by atoms with Gasteiger partial charge in [0.05, 0.1) is 0 Å². The van der Waals surface area contributed by atoms with Gasteiger partial charge in [-0.3, -0.25) is 0 Å². The minimum absolute atomic E-state index is 0.274. The standard InChI is InChI=1S/C20H17N5O3/c1-13-10-18(26)28-17-11-15(5-6-16(13)17)24-20(27)22-12-14-4-2-7-21-19(14)25-9-3-8-23-25/h2-11H,12H2,1H3,(H2,22,24,27). The van der Waals surface area contributed by atoms with Crippen molar-refractivity contribution in [1.29, 1.82) is 0 Å². The van der Waals surface area contributed by atoms with E-state index in [9.17, 15) is 9.59 Å². The summed E-state index contributed by atoms with van der Waals surface area (Å²) >= 11 is 0. The van der Waals surface area contributed by atoms with Crippen LogP contribution in [0.1, 0.15) is 11.1 Å². The van der Waals surface area contributed by atoms with E-state index >= 15 is 0 Å². The Labute approximate surface area is 159 Å². The molecule has 4 aromatic rings. The second kappa shape index (κ2) is 7.36. The molecule has 8 nitrogen and oxygen atoms in total. The topological polar surface area (TPSA) is 102 Å². The molecule has 0 aliphatic heterocycles. The Bertz CT molecular complexity index is 1200. The quantitative estimate of drug-likeness (QED) is 0.534. The highest BCUT2D eigenvalue weighted by atomic mass is 16.4. The summed E-state index contributed by atoms with van der Waals surface area (Å²) < 4.78 is 6.85. The van der Waals surface area contributed by atoms with Crippen molar-refractivity contribution in [3.05, 3.63) is 82.6 Å². The molecule has 0 fully saturated rings. The number of nitrogens with one attached hydrogen (secondary N) is 2. The molecule has 140 valence electrons. The SMILES string of the molecule is Cc1cc(=O)oc2cc(NC(=O)NCc3cccnc3-n3cccn3)ccc12. The highest BCUT2D eigenvalue weighted by molar-refractivity contribution is 5.92. The molecule has 0 aliphatic rings. The van der Waals surface area contributed by atoms with E-state index < -0.39 is 5.63 Å². The normalized spacial score (nSPS) is 10.8. The molecule has 0 spiro atoms. The van der Waals surface area contributed by atoms with Crippen LogP contribution >= 0.6 is 0 Å². The maximum atomic E-state index is 12.3. The number of amides is 2. The first-order valence-electron chi connectivity index (χ1n) is 8.63. The number of aryl methyl sites for hydroxylation is 1. The smallest absolute Gasteiger partial charge is 0.336 e. The highest BCUT2D eigenvalue weighted by Crippen LogP contribution is 2.20. The third-order valence-electron chi connectivity index (χ3n) is 4.24. The summed E-state index contributed by atoms with van der Waals surface area (Å²) in [7, 11) is 0. The van der Waals surface area contributed by atoms with Crippen LogP contribution in [0.3, 0.4) is 0 Å². The summed E-state index contributed by atoms with van der Waals surface area (Å²) in [6, 6.07) is 11.7. The summed E-state index contributed by atoms with van der Waals surface area (Å²) in [5.41, 5.74) is 2.18. The van der Waals surface area contributed by atoms with Crippen molar-refractivity contribution in [2.45, 2.75) is 13.5 Å². The molecule has 0 bridgehead atoms. The lowest BCUT2D eigenvalue weighted by molar-refractivity contribution is 0.251. The minimum Gasteiger partial charge on any atom is -0.423 e. The van der Waals surface area contributed by atoms with Crippen molar-refractivity contribution in [2.75, 3.05) is 5.32 Å². The zero-order valence-electron chi connectivity index (χ0n) is 15.0. The molecule has 28 heavy (non-hydrogen) atoms. The van der Waals surface area contributed by atoms with Gasteiger partial charge in [0.15, 0.2) is 5.82 Å². The molecule has 8 heteroatoms. The first kappa shape index (κ1) is 17.5. The lowest BCUT2D eigenvalue weighted by Crippen LogP contribution is -2.28. The third-order valence-corrected chi connectivity index (χ3v) is 4.24. The number of rotatable bonds is 4. The number of urea groups is 1. The lowest BCUT2D eigenvalue weighted by atomic mass is 10.1. The van der Waals surface area contributed by atoms with Gasteiger partial charge in [-0.1, -0.05) is 6.07 Å². The largest absolute Gasteiger partial charge is 0.423 e. The maximum absolute atomic E-state index is 12.3. The van der Waals surface area contributed by atoms with Crippen molar-refractivity contribution >= 4 is 22.7 Å². The van der Waals surface area contributed by atoms with Crippen molar-refractivity contribution in [1.82, 2.24) is 20.1 Å². The average Bonchev–Trinajstić information content (AvgIpc) is 3.21. The molecule has 2 amide bonds. The molecule has 4 rings (SSSR count).